The number of nitrogens with one attached hydrogen (secondary N) is 1. The van der Waals surface area contributed by atoms with E-state index in [4.69, 9.17) is 18.0 Å². The van der Waals surface area contributed by atoms with Crippen molar-refractivity contribution in [2.75, 3.05) is 11.9 Å². The Balaban J connectivity index is 2.45. The third kappa shape index (κ3) is 3.74. The van der Waals surface area contributed by atoms with E-state index in [0.29, 0.717) is 4.99 Å². The highest BCUT2D eigenvalue weighted by Crippen LogP contribution is 2.20. The Kier molecular flexibility index (Phi) is 4.18. The van der Waals surface area contributed by atoms with Crippen LogP contribution in [0.2, 0.25) is 0 Å². The average molecular weight is 259 g/mol. The minimum atomic E-state index is 0.541. The summed E-state index contributed by atoms with van der Waals surface area (Å²) in [6.45, 7) is 0.776. The van der Waals surface area contributed by atoms with E-state index in [0.717, 1.165) is 23.1 Å². The SMILES string of the molecule is NC(=S)CCNc1ccccc1Br. The lowest BCUT2D eigenvalue weighted by Crippen LogP contribution is -2.13. The van der Waals surface area contributed by atoms with Gasteiger partial charge in [-0.25, -0.2) is 0 Å². The van der Waals surface area contributed by atoms with Crippen LogP contribution >= 0.6 is 28.1 Å². The van der Waals surface area contributed by atoms with Gasteiger partial charge in [-0.1, -0.05) is 24.4 Å². The van der Waals surface area contributed by atoms with Gasteiger partial charge < -0.3 is 11.1 Å². The number of halogens is 1. The van der Waals surface area contributed by atoms with Crippen molar-refractivity contribution < 1.29 is 0 Å². The standard InChI is InChI=1S/C9H11BrN2S/c10-7-3-1-2-4-8(7)12-6-5-9(11)13/h1-4,12H,5-6H2,(H2,11,13). The van der Waals surface area contributed by atoms with Gasteiger partial charge in [-0.15, -0.1) is 0 Å². The lowest BCUT2D eigenvalue weighted by molar-refractivity contribution is 1.11. The molecule has 0 spiro atoms. The highest BCUT2D eigenvalue weighted by atomic mass is 79.9. The van der Waals surface area contributed by atoms with Gasteiger partial charge in [0.1, 0.15) is 0 Å². The number of benzene rings is 1. The number of nitrogens with two attached hydrogens (primary N) is 1. The fraction of sp³-hybridized carbons (Fsp3) is 0.222. The topological polar surface area (TPSA) is 38.0 Å². The summed E-state index contributed by atoms with van der Waals surface area (Å²) >= 11 is 8.21. The van der Waals surface area contributed by atoms with Crippen LogP contribution in [0.1, 0.15) is 6.42 Å². The molecule has 3 N–H and O–H groups in total. The first-order chi connectivity index (χ1) is 6.20. The second-order valence-electron chi connectivity index (χ2n) is 2.62. The summed E-state index contributed by atoms with van der Waals surface area (Å²) in [7, 11) is 0. The van der Waals surface area contributed by atoms with E-state index < -0.39 is 0 Å². The molecular weight excluding hydrogens is 248 g/mol. The van der Waals surface area contributed by atoms with Crippen LogP contribution < -0.4 is 11.1 Å². The van der Waals surface area contributed by atoms with E-state index in [1.165, 1.54) is 0 Å². The summed E-state index contributed by atoms with van der Waals surface area (Å²) in [6.07, 6.45) is 0.719. The molecule has 0 aromatic heterocycles. The Labute approximate surface area is 91.6 Å². The minimum absolute atomic E-state index is 0.541. The van der Waals surface area contributed by atoms with Crippen molar-refractivity contribution in [3.63, 3.8) is 0 Å². The van der Waals surface area contributed by atoms with Gasteiger partial charge in [-0.3, -0.25) is 0 Å². The van der Waals surface area contributed by atoms with Gasteiger partial charge in [0.25, 0.3) is 0 Å². The van der Waals surface area contributed by atoms with Crippen molar-refractivity contribution in [3.8, 4) is 0 Å². The molecule has 0 aliphatic rings. The van der Waals surface area contributed by atoms with Crippen LogP contribution in [0.5, 0.6) is 0 Å². The van der Waals surface area contributed by atoms with Gasteiger partial charge in [0, 0.05) is 23.1 Å². The number of hydrogen-bond acceptors (Lipinski definition) is 2. The van der Waals surface area contributed by atoms with E-state index in [1.54, 1.807) is 0 Å². The molecule has 0 heterocycles. The first-order valence-corrected chi connectivity index (χ1v) is 5.17. The number of anilines is 1. The lowest BCUT2D eigenvalue weighted by Gasteiger charge is -2.06. The Morgan fingerprint density at radius 1 is 1.46 bits per heavy atom. The zero-order chi connectivity index (χ0) is 9.68. The van der Waals surface area contributed by atoms with Crippen LogP contribution in [0.4, 0.5) is 5.69 Å². The van der Waals surface area contributed by atoms with Crippen LogP contribution in [0, 0.1) is 0 Å². The monoisotopic (exact) mass is 258 g/mol. The molecule has 4 heteroatoms. The molecule has 70 valence electrons. The normalized spacial score (nSPS) is 9.62. The number of rotatable bonds is 4. The van der Waals surface area contributed by atoms with E-state index >= 15 is 0 Å². The maximum atomic E-state index is 5.37. The van der Waals surface area contributed by atoms with Crippen molar-refractivity contribution in [3.05, 3.63) is 28.7 Å². The van der Waals surface area contributed by atoms with Crippen LogP contribution in [-0.2, 0) is 0 Å². The number of para-hydroxylation sites is 1. The zero-order valence-electron chi connectivity index (χ0n) is 7.09. The van der Waals surface area contributed by atoms with Gasteiger partial charge in [-0.05, 0) is 28.1 Å². The van der Waals surface area contributed by atoms with Gasteiger partial charge >= 0.3 is 0 Å². The largest absolute Gasteiger partial charge is 0.393 e. The summed E-state index contributed by atoms with van der Waals surface area (Å²) in [4.78, 5) is 0.541. The second-order valence-corrected chi connectivity index (χ2v) is 4.00. The molecule has 13 heavy (non-hydrogen) atoms. The molecule has 0 bridgehead atoms. The molecule has 1 aromatic carbocycles. The van der Waals surface area contributed by atoms with Gasteiger partial charge in [0.2, 0.25) is 0 Å². The van der Waals surface area contributed by atoms with Crippen molar-refractivity contribution in [1.29, 1.82) is 0 Å². The molecule has 0 amide bonds. The Morgan fingerprint density at radius 3 is 2.77 bits per heavy atom. The van der Waals surface area contributed by atoms with E-state index in [1.807, 2.05) is 24.3 Å². The first kappa shape index (κ1) is 10.5. The summed E-state index contributed by atoms with van der Waals surface area (Å²) < 4.78 is 1.05. The quantitative estimate of drug-likeness (QED) is 0.816. The molecule has 0 saturated heterocycles. The highest BCUT2D eigenvalue weighted by Gasteiger charge is 1.96. The number of thiocarbonyl (C=S) groups is 1. The smallest absolute Gasteiger partial charge is 0.0745 e. The van der Waals surface area contributed by atoms with Crippen molar-refractivity contribution in [2.45, 2.75) is 6.42 Å². The molecule has 0 saturated carbocycles. The van der Waals surface area contributed by atoms with Crippen LogP contribution in [0.25, 0.3) is 0 Å². The molecule has 0 aliphatic heterocycles. The molecular formula is C9H11BrN2S. The van der Waals surface area contributed by atoms with Gasteiger partial charge in [0.05, 0.1) is 4.99 Å². The summed E-state index contributed by atoms with van der Waals surface area (Å²) in [5.41, 5.74) is 6.44. The molecule has 0 aliphatic carbocycles. The lowest BCUT2D eigenvalue weighted by atomic mass is 10.3. The third-order valence-electron chi connectivity index (χ3n) is 1.56. The maximum Gasteiger partial charge on any atom is 0.0745 e. The molecule has 1 aromatic rings. The van der Waals surface area contributed by atoms with Crippen molar-refractivity contribution in [2.24, 2.45) is 5.73 Å². The predicted octanol–water partition coefficient (Wildman–Crippen LogP) is 2.54. The summed E-state index contributed by atoms with van der Waals surface area (Å²) in [5.74, 6) is 0. The minimum Gasteiger partial charge on any atom is -0.393 e. The molecule has 0 atom stereocenters. The molecule has 2 nitrogen and oxygen atoms in total. The van der Waals surface area contributed by atoms with Gasteiger partial charge in [-0.2, -0.15) is 0 Å². The Hall–Kier alpha value is -0.610. The van der Waals surface area contributed by atoms with E-state index in [9.17, 15) is 0 Å². The van der Waals surface area contributed by atoms with Crippen molar-refractivity contribution >= 4 is 38.8 Å². The zero-order valence-corrected chi connectivity index (χ0v) is 9.49. The first-order valence-electron chi connectivity index (χ1n) is 3.97. The molecule has 0 radical (unpaired) electrons. The Bertz CT molecular complexity index is 301. The van der Waals surface area contributed by atoms with Crippen LogP contribution in [-0.4, -0.2) is 11.5 Å². The average Bonchev–Trinajstić information content (AvgIpc) is 2.08. The molecule has 1 rings (SSSR count). The fourth-order valence-electron chi connectivity index (χ4n) is 0.925. The summed E-state index contributed by atoms with van der Waals surface area (Å²) in [6, 6.07) is 7.95. The summed E-state index contributed by atoms with van der Waals surface area (Å²) in [5, 5.41) is 3.23. The maximum absolute atomic E-state index is 5.37. The highest BCUT2D eigenvalue weighted by molar-refractivity contribution is 9.10. The van der Waals surface area contributed by atoms with E-state index in [-0.39, 0.29) is 0 Å². The molecule has 0 fully saturated rings. The van der Waals surface area contributed by atoms with Crippen LogP contribution in [0.15, 0.2) is 28.7 Å². The van der Waals surface area contributed by atoms with Gasteiger partial charge in [0.15, 0.2) is 0 Å². The number of hydrogen-bond donors (Lipinski definition) is 2. The molecule has 0 unspecified atom stereocenters. The van der Waals surface area contributed by atoms with Crippen LogP contribution in [0.3, 0.4) is 0 Å². The second kappa shape index (κ2) is 5.19. The third-order valence-corrected chi connectivity index (χ3v) is 2.46. The Morgan fingerprint density at radius 2 is 2.15 bits per heavy atom. The predicted molar refractivity (Wildman–Crippen MR) is 64.0 cm³/mol. The fourth-order valence-corrected chi connectivity index (χ4v) is 1.45. The van der Waals surface area contributed by atoms with Crippen molar-refractivity contribution in [1.82, 2.24) is 0 Å². The van der Waals surface area contributed by atoms with E-state index in [2.05, 4.69) is 21.2 Å².